The van der Waals surface area contributed by atoms with Crippen molar-refractivity contribution in [2.45, 2.75) is 51.4 Å². The lowest BCUT2D eigenvalue weighted by molar-refractivity contribution is -0.0882. The number of hydrogen-bond donors (Lipinski definition) is 1. The third-order valence-corrected chi connectivity index (χ3v) is 4.04. The summed E-state index contributed by atoms with van der Waals surface area (Å²) >= 11 is 5.74. The summed E-state index contributed by atoms with van der Waals surface area (Å²) in [6.45, 7) is 7.84. The van der Waals surface area contributed by atoms with Gasteiger partial charge in [0.2, 0.25) is 0 Å². The molecule has 0 amide bonds. The fraction of sp³-hybridized carbons (Fsp3) is 0.600. The smallest absolute Gasteiger partial charge is 0.130 e. The van der Waals surface area contributed by atoms with E-state index in [1.165, 1.54) is 6.07 Å². The van der Waals surface area contributed by atoms with Crippen LogP contribution in [-0.2, 0) is 4.74 Å². The zero-order chi connectivity index (χ0) is 14.4. The predicted molar refractivity (Wildman–Crippen MR) is 73.7 cm³/mol. The fourth-order valence-corrected chi connectivity index (χ4v) is 3.21. The maximum Gasteiger partial charge on any atom is 0.130 e. The summed E-state index contributed by atoms with van der Waals surface area (Å²) in [5.41, 5.74) is -0.517. The van der Waals surface area contributed by atoms with Crippen molar-refractivity contribution in [2.24, 2.45) is 5.92 Å². The van der Waals surface area contributed by atoms with Gasteiger partial charge in [-0.25, -0.2) is 4.39 Å². The first-order chi connectivity index (χ1) is 8.62. The molecule has 2 atom stereocenters. The first kappa shape index (κ1) is 14.8. The lowest BCUT2D eigenvalue weighted by atomic mass is 9.80. The van der Waals surface area contributed by atoms with Gasteiger partial charge in [-0.15, -0.1) is 0 Å². The lowest BCUT2D eigenvalue weighted by Crippen LogP contribution is -2.33. The Balaban J connectivity index is 2.31. The Labute approximate surface area is 118 Å². The molecule has 106 valence electrons. The van der Waals surface area contributed by atoms with Crippen LogP contribution in [0.4, 0.5) is 4.39 Å². The van der Waals surface area contributed by atoms with Crippen molar-refractivity contribution in [3.63, 3.8) is 0 Å². The van der Waals surface area contributed by atoms with E-state index in [4.69, 9.17) is 16.3 Å². The highest BCUT2D eigenvalue weighted by molar-refractivity contribution is 6.30. The van der Waals surface area contributed by atoms with E-state index in [0.29, 0.717) is 11.4 Å². The molecule has 2 nitrogen and oxygen atoms in total. The lowest BCUT2D eigenvalue weighted by Gasteiger charge is -2.30. The number of benzene rings is 1. The highest BCUT2D eigenvalue weighted by Crippen LogP contribution is 2.48. The van der Waals surface area contributed by atoms with Crippen LogP contribution < -0.4 is 0 Å². The van der Waals surface area contributed by atoms with E-state index in [1.807, 2.05) is 27.7 Å². The van der Waals surface area contributed by atoms with Crippen LogP contribution in [-0.4, -0.2) is 16.3 Å². The zero-order valence-electron chi connectivity index (χ0n) is 11.7. The molecule has 1 saturated heterocycles. The Morgan fingerprint density at radius 3 is 2.47 bits per heavy atom. The molecule has 1 fully saturated rings. The highest BCUT2D eigenvalue weighted by Gasteiger charge is 2.49. The van der Waals surface area contributed by atoms with Crippen molar-refractivity contribution in [1.29, 1.82) is 0 Å². The number of hydrogen-bond acceptors (Lipinski definition) is 2. The largest absolute Gasteiger partial charge is 0.388 e. The quantitative estimate of drug-likeness (QED) is 0.887. The summed E-state index contributed by atoms with van der Waals surface area (Å²) in [5.74, 6) is -0.626. The highest BCUT2D eigenvalue weighted by atomic mass is 35.5. The van der Waals surface area contributed by atoms with Gasteiger partial charge in [0.1, 0.15) is 5.82 Å². The van der Waals surface area contributed by atoms with E-state index < -0.39 is 17.5 Å². The van der Waals surface area contributed by atoms with Gasteiger partial charge in [0.15, 0.2) is 0 Å². The van der Waals surface area contributed by atoms with E-state index in [2.05, 4.69) is 0 Å². The second-order valence-corrected chi connectivity index (χ2v) is 6.82. The third kappa shape index (κ3) is 2.93. The molecular weight excluding hydrogens is 267 g/mol. The number of aliphatic hydroxyl groups excluding tert-OH is 1. The van der Waals surface area contributed by atoms with Gasteiger partial charge in [0.25, 0.3) is 0 Å². The van der Waals surface area contributed by atoms with E-state index in [-0.39, 0.29) is 17.1 Å². The van der Waals surface area contributed by atoms with E-state index >= 15 is 0 Å². The number of rotatable bonds is 2. The summed E-state index contributed by atoms with van der Waals surface area (Å²) in [6, 6.07) is 4.37. The minimum absolute atomic E-state index is 0.154. The molecule has 0 aromatic heterocycles. The van der Waals surface area contributed by atoms with Crippen molar-refractivity contribution in [2.75, 3.05) is 0 Å². The molecule has 0 saturated carbocycles. The molecule has 1 aliphatic heterocycles. The molecule has 2 rings (SSSR count). The van der Waals surface area contributed by atoms with E-state index in [0.717, 1.165) is 0 Å². The maximum atomic E-state index is 13.9. The van der Waals surface area contributed by atoms with Crippen molar-refractivity contribution < 1.29 is 14.2 Å². The van der Waals surface area contributed by atoms with Crippen LogP contribution in [0.1, 0.15) is 45.8 Å². The Morgan fingerprint density at radius 1 is 1.37 bits per heavy atom. The van der Waals surface area contributed by atoms with Crippen molar-refractivity contribution in [1.82, 2.24) is 0 Å². The molecule has 0 aliphatic carbocycles. The van der Waals surface area contributed by atoms with Gasteiger partial charge in [-0.2, -0.15) is 0 Å². The minimum atomic E-state index is -0.894. The molecule has 0 bridgehead atoms. The number of aliphatic hydroxyl groups is 1. The Bertz CT molecular complexity index is 485. The molecule has 1 N–H and O–H groups in total. The predicted octanol–water partition coefficient (Wildman–Crippen LogP) is 4.11. The monoisotopic (exact) mass is 286 g/mol. The molecule has 4 heteroatoms. The summed E-state index contributed by atoms with van der Waals surface area (Å²) in [6.07, 6.45) is -0.211. The van der Waals surface area contributed by atoms with Crippen molar-refractivity contribution in [3.8, 4) is 0 Å². The number of ether oxygens (including phenoxy) is 1. The average Bonchev–Trinajstić information content (AvgIpc) is 2.45. The average molecular weight is 287 g/mol. The van der Waals surface area contributed by atoms with E-state index in [9.17, 15) is 9.50 Å². The topological polar surface area (TPSA) is 29.5 Å². The van der Waals surface area contributed by atoms with Crippen LogP contribution in [0.5, 0.6) is 0 Å². The molecular formula is C15H20ClFO2. The van der Waals surface area contributed by atoms with Crippen LogP contribution >= 0.6 is 11.6 Å². The second-order valence-electron chi connectivity index (χ2n) is 6.39. The van der Waals surface area contributed by atoms with Crippen molar-refractivity contribution in [3.05, 3.63) is 34.6 Å². The first-order valence-electron chi connectivity index (χ1n) is 6.45. The Kier molecular flexibility index (Phi) is 3.67. The standard InChI is InChI=1S/C15H20ClFO2/c1-14(2)8-11(15(3,4)19-14)13(18)10-6-5-9(16)7-12(10)17/h5-7,11,13,18H,8H2,1-4H3. The van der Waals surface area contributed by atoms with Gasteiger partial charge in [0, 0.05) is 16.5 Å². The summed E-state index contributed by atoms with van der Waals surface area (Å²) in [7, 11) is 0. The summed E-state index contributed by atoms with van der Waals surface area (Å²) in [5, 5.41) is 10.8. The van der Waals surface area contributed by atoms with E-state index in [1.54, 1.807) is 12.1 Å². The van der Waals surface area contributed by atoms with Crippen LogP contribution in [0, 0.1) is 11.7 Å². The van der Waals surface area contributed by atoms with Gasteiger partial charge in [-0.05, 0) is 46.2 Å². The van der Waals surface area contributed by atoms with Gasteiger partial charge >= 0.3 is 0 Å². The molecule has 1 aliphatic rings. The molecule has 1 aromatic carbocycles. The Hall–Kier alpha value is -0.640. The second kappa shape index (κ2) is 4.72. The molecule has 0 spiro atoms. The van der Waals surface area contributed by atoms with Crippen LogP contribution in [0.25, 0.3) is 0 Å². The van der Waals surface area contributed by atoms with Crippen molar-refractivity contribution >= 4 is 11.6 Å². The molecule has 1 aromatic rings. The van der Waals surface area contributed by atoms with Gasteiger partial charge in [-0.1, -0.05) is 17.7 Å². The maximum absolute atomic E-state index is 13.9. The molecule has 0 radical (unpaired) electrons. The fourth-order valence-electron chi connectivity index (χ4n) is 3.05. The number of halogens is 2. The first-order valence-corrected chi connectivity index (χ1v) is 6.83. The zero-order valence-corrected chi connectivity index (χ0v) is 12.5. The molecule has 2 unspecified atom stereocenters. The molecule has 1 heterocycles. The SMILES string of the molecule is CC1(C)CC(C(O)c2ccc(Cl)cc2F)C(C)(C)O1. The third-order valence-electron chi connectivity index (χ3n) is 3.81. The molecule has 19 heavy (non-hydrogen) atoms. The van der Waals surface area contributed by atoms with Crippen LogP contribution in [0.15, 0.2) is 18.2 Å². The Morgan fingerprint density at radius 2 is 2.00 bits per heavy atom. The minimum Gasteiger partial charge on any atom is -0.388 e. The van der Waals surface area contributed by atoms with Crippen LogP contribution in [0.2, 0.25) is 5.02 Å². The summed E-state index contributed by atoms with van der Waals surface area (Å²) < 4.78 is 19.9. The van der Waals surface area contributed by atoms with Gasteiger partial charge < -0.3 is 9.84 Å². The van der Waals surface area contributed by atoms with Crippen LogP contribution in [0.3, 0.4) is 0 Å². The van der Waals surface area contributed by atoms with Gasteiger partial charge in [-0.3, -0.25) is 0 Å². The summed E-state index contributed by atoms with van der Waals surface area (Å²) in [4.78, 5) is 0. The normalized spacial score (nSPS) is 26.4. The van der Waals surface area contributed by atoms with Gasteiger partial charge in [0.05, 0.1) is 17.3 Å².